The Morgan fingerprint density at radius 1 is 1.15 bits per heavy atom. The number of benzene rings is 1. The molecule has 98 valence electrons. The molecule has 2 aromatic rings. The van der Waals surface area contributed by atoms with Gasteiger partial charge in [-0.1, -0.05) is 12.1 Å². The molecule has 0 bridgehead atoms. The second-order valence-electron chi connectivity index (χ2n) is 4.10. The summed E-state index contributed by atoms with van der Waals surface area (Å²) in [5.41, 5.74) is 1.16. The number of halogens is 1. The molecule has 1 aliphatic heterocycles. The summed E-state index contributed by atoms with van der Waals surface area (Å²) in [6.07, 6.45) is 3.14. The lowest BCUT2D eigenvalue weighted by molar-refractivity contribution is -0.129. The predicted octanol–water partition coefficient (Wildman–Crippen LogP) is 2.57. The largest absolute Gasteiger partial charge is 0.402 e. The number of carbonyl (C=O) groups is 1. The van der Waals surface area contributed by atoms with Gasteiger partial charge in [-0.3, -0.25) is 4.98 Å². The number of ether oxygens (including phenoxy) is 1. The van der Waals surface area contributed by atoms with Crippen molar-refractivity contribution in [3.05, 3.63) is 71.4 Å². The SMILES string of the molecule is O=C1OC(c2cccc(F)c2)=NC1=Cc1ccccn1. The summed E-state index contributed by atoms with van der Waals surface area (Å²) in [5, 5.41) is 0. The van der Waals surface area contributed by atoms with Crippen molar-refractivity contribution in [2.24, 2.45) is 4.99 Å². The van der Waals surface area contributed by atoms with E-state index in [0.717, 1.165) is 0 Å². The minimum absolute atomic E-state index is 0.0941. The Morgan fingerprint density at radius 2 is 2.05 bits per heavy atom. The fourth-order valence-electron chi connectivity index (χ4n) is 1.76. The van der Waals surface area contributed by atoms with Crippen LogP contribution in [-0.4, -0.2) is 16.9 Å². The Bertz CT molecular complexity index is 724. The molecule has 0 N–H and O–H groups in total. The van der Waals surface area contributed by atoms with E-state index in [4.69, 9.17) is 4.74 Å². The molecule has 0 unspecified atom stereocenters. The molecule has 0 amide bonds. The predicted molar refractivity (Wildman–Crippen MR) is 71.2 cm³/mol. The van der Waals surface area contributed by atoms with Gasteiger partial charge in [0.05, 0.1) is 5.69 Å². The lowest BCUT2D eigenvalue weighted by Gasteiger charge is -1.98. The van der Waals surface area contributed by atoms with E-state index in [1.807, 2.05) is 0 Å². The minimum atomic E-state index is -0.574. The summed E-state index contributed by atoms with van der Waals surface area (Å²) in [6, 6.07) is 11.0. The van der Waals surface area contributed by atoms with Crippen LogP contribution >= 0.6 is 0 Å². The lowest BCUT2D eigenvalue weighted by Crippen LogP contribution is -2.05. The van der Waals surface area contributed by atoms with E-state index in [9.17, 15) is 9.18 Å². The molecule has 20 heavy (non-hydrogen) atoms. The molecule has 0 saturated carbocycles. The zero-order valence-corrected chi connectivity index (χ0v) is 10.3. The molecule has 0 radical (unpaired) electrons. The van der Waals surface area contributed by atoms with Gasteiger partial charge in [-0.15, -0.1) is 0 Å². The summed E-state index contributed by atoms with van der Waals surface area (Å²) in [7, 11) is 0. The van der Waals surface area contributed by atoms with Crippen LogP contribution in [0, 0.1) is 5.82 Å². The molecule has 5 heteroatoms. The second kappa shape index (κ2) is 5.05. The molecule has 0 atom stereocenters. The number of pyridine rings is 1. The first-order valence-electron chi connectivity index (χ1n) is 5.92. The molecule has 3 rings (SSSR count). The summed E-state index contributed by atoms with van der Waals surface area (Å²) in [6.45, 7) is 0. The molecule has 1 aromatic carbocycles. The van der Waals surface area contributed by atoms with E-state index in [-0.39, 0.29) is 11.6 Å². The molecule has 0 spiro atoms. The number of hydrogen-bond donors (Lipinski definition) is 0. The molecular weight excluding hydrogens is 259 g/mol. The van der Waals surface area contributed by atoms with Crippen molar-refractivity contribution in [1.29, 1.82) is 0 Å². The highest BCUT2D eigenvalue weighted by atomic mass is 19.1. The van der Waals surface area contributed by atoms with E-state index in [2.05, 4.69) is 9.98 Å². The van der Waals surface area contributed by atoms with E-state index in [1.54, 1.807) is 30.5 Å². The molecule has 0 aliphatic carbocycles. The zero-order valence-electron chi connectivity index (χ0n) is 10.3. The van der Waals surface area contributed by atoms with Crippen molar-refractivity contribution in [1.82, 2.24) is 4.98 Å². The van der Waals surface area contributed by atoms with Crippen LogP contribution in [0.5, 0.6) is 0 Å². The molecule has 1 aliphatic rings. The van der Waals surface area contributed by atoms with Crippen LogP contribution in [0.25, 0.3) is 6.08 Å². The second-order valence-corrected chi connectivity index (χ2v) is 4.10. The van der Waals surface area contributed by atoms with Crippen molar-refractivity contribution in [3.8, 4) is 0 Å². The smallest absolute Gasteiger partial charge is 0.363 e. The summed E-state index contributed by atoms with van der Waals surface area (Å²) >= 11 is 0. The van der Waals surface area contributed by atoms with Gasteiger partial charge < -0.3 is 4.74 Å². The van der Waals surface area contributed by atoms with Crippen LogP contribution in [0.4, 0.5) is 4.39 Å². The summed E-state index contributed by atoms with van der Waals surface area (Å²) < 4.78 is 18.2. The molecule has 1 aromatic heterocycles. The van der Waals surface area contributed by atoms with E-state index in [1.165, 1.54) is 24.3 Å². The third-order valence-electron chi connectivity index (χ3n) is 2.66. The maximum Gasteiger partial charge on any atom is 0.363 e. The first-order chi connectivity index (χ1) is 9.72. The quantitative estimate of drug-likeness (QED) is 0.621. The minimum Gasteiger partial charge on any atom is -0.402 e. The van der Waals surface area contributed by atoms with E-state index < -0.39 is 11.8 Å². The van der Waals surface area contributed by atoms with Gasteiger partial charge in [-0.2, -0.15) is 0 Å². The Kier molecular flexibility index (Phi) is 3.09. The highest BCUT2D eigenvalue weighted by Gasteiger charge is 2.24. The first kappa shape index (κ1) is 12.2. The van der Waals surface area contributed by atoms with Gasteiger partial charge in [0, 0.05) is 11.8 Å². The van der Waals surface area contributed by atoms with Gasteiger partial charge in [-0.25, -0.2) is 14.2 Å². The Balaban J connectivity index is 1.95. The van der Waals surface area contributed by atoms with Crippen LogP contribution in [0.2, 0.25) is 0 Å². The fraction of sp³-hybridized carbons (Fsp3) is 0. The fourth-order valence-corrected chi connectivity index (χ4v) is 1.76. The maximum atomic E-state index is 13.1. The lowest BCUT2D eigenvalue weighted by atomic mass is 10.2. The monoisotopic (exact) mass is 268 g/mol. The normalized spacial score (nSPS) is 16.1. The third-order valence-corrected chi connectivity index (χ3v) is 2.66. The number of rotatable bonds is 2. The van der Waals surface area contributed by atoms with Gasteiger partial charge in [0.15, 0.2) is 5.70 Å². The van der Waals surface area contributed by atoms with Crippen LogP contribution in [0.3, 0.4) is 0 Å². The number of nitrogens with zero attached hydrogens (tertiary/aromatic N) is 2. The van der Waals surface area contributed by atoms with Crippen molar-refractivity contribution < 1.29 is 13.9 Å². The number of cyclic esters (lactones) is 1. The van der Waals surface area contributed by atoms with Gasteiger partial charge in [-0.05, 0) is 36.4 Å². The van der Waals surface area contributed by atoms with Crippen LogP contribution in [0.15, 0.2) is 59.4 Å². The Hall–Kier alpha value is -2.82. The highest BCUT2D eigenvalue weighted by molar-refractivity contribution is 6.12. The van der Waals surface area contributed by atoms with E-state index >= 15 is 0 Å². The van der Waals surface area contributed by atoms with Crippen molar-refractivity contribution in [2.45, 2.75) is 0 Å². The zero-order chi connectivity index (χ0) is 13.9. The van der Waals surface area contributed by atoms with Gasteiger partial charge in [0.1, 0.15) is 5.82 Å². The molecule has 2 heterocycles. The Morgan fingerprint density at radius 3 is 2.80 bits per heavy atom. The summed E-state index contributed by atoms with van der Waals surface area (Å²) in [4.78, 5) is 19.9. The van der Waals surface area contributed by atoms with Crippen LogP contribution in [-0.2, 0) is 9.53 Å². The van der Waals surface area contributed by atoms with Crippen molar-refractivity contribution >= 4 is 17.9 Å². The molecule has 4 nitrogen and oxygen atoms in total. The standard InChI is InChI=1S/C15H9FN2O2/c16-11-5-3-4-10(8-11)14-18-13(15(19)20-14)9-12-6-1-2-7-17-12/h1-9H. The van der Waals surface area contributed by atoms with Crippen molar-refractivity contribution in [3.63, 3.8) is 0 Å². The number of esters is 1. The number of carbonyl (C=O) groups excluding carboxylic acids is 1. The van der Waals surface area contributed by atoms with Crippen LogP contribution in [0.1, 0.15) is 11.3 Å². The molecule has 0 saturated heterocycles. The Labute approximate surface area is 114 Å². The highest BCUT2D eigenvalue weighted by Crippen LogP contribution is 2.18. The first-order valence-corrected chi connectivity index (χ1v) is 5.92. The number of hydrogen-bond acceptors (Lipinski definition) is 4. The summed E-state index contributed by atoms with van der Waals surface area (Å²) in [5.74, 6) is -0.894. The average molecular weight is 268 g/mol. The van der Waals surface area contributed by atoms with Gasteiger partial charge >= 0.3 is 5.97 Å². The topological polar surface area (TPSA) is 51.5 Å². The maximum absolute atomic E-state index is 13.1. The van der Waals surface area contributed by atoms with Crippen LogP contribution < -0.4 is 0 Å². The van der Waals surface area contributed by atoms with Crippen molar-refractivity contribution in [2.75, 3.05) is 0 Å². The number of aliphatic imine (C=N–C) groups is 1. The van der Waals surface area contributed by atoms with E-state index in [0.29, 0.717) is 11.3 Å². The molecule has 0 fully saturated rings. The van der Waals surface area contributed by atoms with Gasteiger partial charge in [0.25, 0.3) is 0 Å². The molecular formula is C15H9FN2O2. The number of aromatic nitrogens is 1. The van der Waals surface area contributed by atoms with Gasteiger partial charge in [0.2, 0.25) is 5.90 Å². The third kappa shape index (κ3) is 2.47. The average Bonchev–Trinajstić information content (AvgIpc) is 2.81.